The van der Waals surface area contributed by atoms with E-state index in [0.717, 1.165) is 40.1 Å². The van der Waals surface area contributed by atoms with Gasteiger partial charge in [0.25, 0.3) is 0 Å². The van der Waals surface area contributed by atoms with E-state index in [9.17, 15) is 0 Å². The van der Waals surface area contributed by atoms with Crippen LogP contribution in [-0.2, 0) is 0 Å². The molecule has 0 N–H and O–H groups in total. The van der Waals surface area contributed by atoms with Crippen molar-refractivity contribution in [3.8, 4) is 18.2 Å². The van der Waals surface area contributed by atoms with Crippen molar-refractivity contribution in [1.29, 1.82) is 0 Å². The van der Waals surface area contributed by atoms with E-state index in [1.54, 1.807) is 12.4 Å². The quantitative estimate of drug-likeness (QED) is 0.170. The number of fused-ring (bicyclic) bond motifs is 3. The molecule has 6 aromatic rings. The first kappa shape index (κ1) is 24.6. The zero-order valence-electron chi connectivity index (χ0n) is 22.8. The lowest BCUT2D eigenvalue weighted by Gasteiger charge is -2.19. The molecule has 3 heterocycles. The van der Waals surface area contributed by atoms with Crippen LogP contribution in [0.3, 0.4) is 0 Å². The minimum absolute atomic E-state index is 0.740. The molecule has 0 unspecified atom stereocenters. The van der Waals surface area contributed by atoms with Crippen LogP contribution in [0.2, 0.25) is 0 Å². The van der Waals surface area contributed by atoms with E-state index in [1.807, 2.05) is 28.8 Å². The van der Waals surface area contributed by atoms with E-state index < -0.39 is 0 Å². The van der Waals surface area contributed by atoms with Crippen LogP contribution in [0.15, 0.2) is 122 Å². The van der Waals surface area contributed by atoms with E-state index in [4.69, 9.17) is 11.4 Å². The Balaban J connectivity index is 1.53. The highest BCUT2D eigenvalue weighted by atomic mass is 15.1. The number of aromatic nitrogens is 3. The van der Waals surface area contributed by atoms with Gasteiger partial charge in [0.15, 0.2) is 0 Å². The molecule has 41 heavy (non-hydrogen) atoms. The summed E-state index contributed by atoms with van der Waals surface area (Å²) < 4.78 is 1.98. The van der Waals surface area contributed by atoms with Gasteiger partial charge in [-0.25, -0.2) is 9.97 Å². The fraction of sp³-hybridized carbons (Fsp3) is 0.0526. The second kappa shape index (κ2) is 10.3. The van der Waals surface area contributed by atoms with Crippen molar-refractivity contribution in [1.82, 2.24) is 14.5 Å². The highest BCUT2D eigenvalue weighted by molar-refractivity contribution is 6.17. The predicted octanol–water partition coefficient (Wildman–Crippen LogP) is 9.17. The van der Waals surface area contributed by atoms with Gasteiger partial charge in [0.2, 0.25) is 0 Å². The summed E-state index contributed by atoms with van der Waals surface area (Å²) >= 11 is 0. The van der Waals surface area contributed by atoms with E-state index in [1.165, 1.54) is 38.2 Å². The highest BCUT2D eigenvalue weighted by Gasteiger charge is 2.20. The van der Waals surface area contributed by atoms with Crippen molar-refractivity contribution in [3.63, 3.8) is 0 Å². The molecule has 0 saturated carbocycles. The average Bonchev–Trinajstić information content (AvgIpc) is 3.13. The summed E-state index contributed by atoms with van der Waals surface area (Å²) in [6.45, 7) is 2.19. The summed E-state index contributed by atoms with van der Waals surface area (Å²) in [5.41, 5.74) is 7.47. The van der Waals surface area contributed by atoms with Gasteiger partial charge >= 0.3 is 0 Å². The molecule has 0 fully saturated rings. The molecular weight excluding hydrogens is 498 g/mol. The van der Waals surface area contributed by atoms with Crippen molar-refractivity contribution in [2.75, 3.05) is 0 Å². The molecule has 3 aromatic heterocycles. The summed E-state index contributed by atoms with van der Waals surface area (Å²) in [5.74, 6) is 3.71. The molecule has 3 heteroatoms. The van der Waals surface area contributed by atoms with Crippen LogP contribution >= 0.6 is 0 Å². The first-order valence-electron chi connectivity index (χ1n) is 13.8. The minimum atomic E-state index is 0.740. The maximum absolute atomic E-state index is 6.19. The third-order valence-corrected chi connectivity index (χ3v) is 7.78. The highest BCUT2D eigenvalue weighted by Crippen LogP contribution is 2.42. The standard InChI is InChI=1S/C38H27N3/c1-3-34-33(32-21-14-24-40-38(32)41(34)35-22-12-13-23-39-35)25-26(2)36-28-17-8-10-19-30(28)37(27-15-6-4-5-7-16-27)31-20-11-9-18-29(31)36/h1,4-15,17-25H,16H2,2H3/b26-25+. The van der Waals surface area contributed by atoms with Crippen molar-refractivity contribution < 1.29 is 0 Å². The molecule has 194 valence electrons. The Hall–Kier alpha value is -5.46. The monoisotopic (exact) mass is 525 g/mol. The smallest absolute Gasteiger partial charge is 0.147 e. The molecule has 0 saturated heterocycles. The van der Waals surface area contributed by atoms with Gasteiger partial charge in [-0.15, -0.1) is 6.42 Å². The summed E-state index contributed by atoms with van der Waals surface area (Å²) in [6.07, 6.45) is 23.7. The molecular formula is C38H27N3. The van der Waals surface area contributed by atoms with E-state index in [-0.39, 0.29) is 0 Å². The lowest BCUT2D eigenvalue weighted by Crippen LogP contribution is -2.01. The first-order chi connectivity index (χ1) is 20.3. The molecule has 0 aliphatic heterocycles. The summed E-state index contributed by atoms with van der Waals surface area (Å²) in [5, 5.41) is 5.94. The second-order valence-electron chi connectivity index (χ2n) is 10.2. The molecule has 3 aromatic carbocycles. The van der Waals surface area contributed by atoms with Crippen LogP contribution in [0.25, 0.3) is 55.6 Å². The molecule has 0 bridgehead atoms. The number of rotatable bonds is 4. The lowest BCUT2D eigenvalue weighted by atomic mass is 9.85. The van der Waals surface area contributed by atoms with Crippen LogP contribution in [0.5, 0.6) is 0 Å². The fourth-order valence-corrected chi connectivity index (χ4v) is 6.09. The van der Waals surface area contributed by atoms with Gasteiger partial charge in [0, 0.05) is 23.3 Å². The molecule has 3 nitrogen and oxygen atoms in total. The Kier molecular flexibility index (Phi) is 6.15. The second-order valence-corrected chi connectivity index (χ2v) is 10.2. The summed E-state index contributed by atoms with van der Waals surface area (Å²) in [7, 11) is 0. The van der Waals surface area contributed by atoms with Crippen molar-refractivity contribution in [3.05, 3.63) is 144 Å². The normalized spacial score (nSPS) is 13.5. The number of benzene rings is 3. The topological polar surface area (TPSA) is 30.7 Å². The maximum Gasteiger partial charge on any atom is 0.147 e. The van der Waals surface area contributed by atoms with Crippen molar-refractivity contribution >= 4 is 49.8 Å². The number of pyridine rings is 2. The lowest BCUT2D eigenvalue weighted by molar-refractivity contribution is 1.01. The number of nitrogens with zero attached hydrogens (tertiary/aromatic N) is 3. The van der Waals surface area contributed by atoms with Gasteiger partial charge in [0.1, 0.15) is 17.2 Å². The number of hydrogen-bond donors (Lipinski definition) is 0. The van der Waals surface area contributed by atoms with Gasteiger partial charge in [-0.3, -0.25) is 4.57 Å². The molecule has 1 aliphatic rings. The number of hydrogen-bond acceptors (Lipinski definition) is 2. The van der Waals surface area contributed by atoms with Crippen LogP contribution < -0.4 is 0 Å². The Bertz CT molecular complexity index is 2070. The average molecular weight is 526 g/mol. The zero-order valence-corrected chi connectivity index (χ0v) is 22.8. The summed E-state index contributed by atoms with van der Waals surface area (Å²) in [6, 6.07) is 27.4. The molecule has 0 atom stereocenters. The molecule has 0 amide bonds. The third kappa shape index (κ3) is 4.09. The van der Waals surface area contributed by atoms with Crippen LogP contribution in [0.1, 0.15) is 35.7 Å². The number of terminal acetylenes is 1. The van der Waals surface area contributed by atoms with Crippen molar-refractivity contribution in [2.45, 2.75) is 13.3 Å². The largest absolute Gasteiger partial charge is 0.270 e. The maximum atomic E-state index is 6.19. The van der Waals surface area contributed by atoms with Gasteiger partial charge in [-0.2, -0.15) is 0 Å². The third-order valence-electron chi connectivity index (χ3n) is 7.78. The molecule has 0 spiro atoms. The van der Waals surface area contributed by atoms with E-state index in [2.05, 4.69) is 109 Å². The van der Waals surface area contributed by atoms with Gasteiger partial charge in [-0.05, 0) is 87.5 Å². The molecule has 7 rings (SSSR count). The Morgan fingerprint density at radius 2 is 1.46 bits per heavy atom. The SMILES string of the molecule is C#Cc1c(/C=C(\C)c2c3ccccc3c(C3=CC=CC=CC3)c3ccccc23)c2cccnc2n1-c1ccccn1. The van der Waals surface area contributed by atoms with Gasteiger partial charge < -0.3 is 0 Å². The van der Waals surface area contributed by atoms with Gasteiger partial charge in [0.05, 0.1) is 0 Å². The van der Waals surface area contributed by atoms with E-state index >= 15 is 0 Å². The molecule has 0 radical (unpaired) electrons. The predicted molar refractivity (Wildman–Crippen MR) is 173 cm³/mol. The zero-order chi connectivity index (χ0) is 27.8. The number of allylic oxidation sites excluding steroid dienone is 7. The van der Waals surface area contributed by atoms with Crippen LogP contribution in [0.4, 0.5) is 0 Å². The van der Waals surface area contributed by atoms with Gasteiger partial charge in [-0.1, -0.05) is 90.9 Å². The van der Waals surface area contributed by atoms with Crippen LogP contribution in [-0.4, -0.2) is 14.5 Å². The summed E-state index contributed by atoms with van der Waals surface area (Å²) in [4.78, 5) is 9.31. The Labute approximate surface area is 239 Å². The van der Waals surface area contributed by atoms with E-state index in [0.29, 0.717) is 0 Å². The molecule has 1 aliphatic carbocycles. The fourth-order valence-electron chi connectivity index (χ4n) is 6.09. The first-order valence-corrected chi connectivity index (χ1v) is 13.8. The van der Waals surface area contributed by atoms with Crippen LogP contribution in [0, 0.1) is 12.3 Å². The minimum Gasteiger partial charge on any atom is -0.270 e. The van der Waals surface area contributed by atoms with Crippen molar-refractivity contribution in [2.24, 2.45) is 0 Å². The Morgan fingerprint density at radius 3 is 2.17 bits per heavy atom. The Morgan fingerprint density at radius 1 is 0.780 bits per heavy atom.